The van der Waals surface area contributed by atoms with Crippen LogP contribution < -0.4 is 0 Å². The summed E-state index contributed by atoms with van der Waals surface area (Å²) in [6, 6.07) is 0. The smallest absolute Gasteiger partial charge is 0.0829 e. The van der Waals surface area contributed by atoms with Crippen LogP contribution in [-0.4, -0.2) is 73.0 Å². The number of morpholine rings is 1. The summed E-state index contributed by atoms with van der Waals surface area (Å²) in [5.41, 5.74) is -0.501. The Morgan fingerprint density at radius 3 is 2.94 bits per heavy atom. The summed E-state index contributed by atoms with van der Waals surface area (Å²) in [6.45, 7) is 7.67. The molecule has 0 aromatic carbocycles. The zero-order chi connectivity index (χ0) is 11.6. The van der Waals surface area contributed by atoms with Gasteiger partial charge < -0.3 is 14.7 Å². The van der Waals surface area contributed by atoms with E-state index in [1.807, 2.05) is 6.92 Å². The normalized spacial score (nSPS) is 38.8. The molecular formula is C12H24N2O2. The maximum atomic E-state index is 10.0. The molecule has 1 N–H and O–H groups in total. The molecule has 2 rings (SSSR count). The van der Waals surface area contributed by atoms with Crippen molar-refractivity contribution in [2.24, 2.45) is 0 Å². The number of likely N-dealkylation sites (N-methyl/N-ethyl adjacent to an activating group) is 1. The fourth-order valence-corrected chi connectivity index (χ4v) is 2.74. The Morgan fingerprint density at radius 2 is 2.25 bits per heavy atom. The Hall–Kier alpha value is -0.160. The Morgan fingerprint density at radius 1 is 1.44 bits per heavy atom. The number of rotatable bonds is 2. The third kappa shape index (κ3) is 3.42. The van der Waals surface area contributed by atoms with Crippen LogP contribution >= 0.6 is 0 Å². The van der Waals surface area contributed by atoms with Crippen LogP contribution in [0.1, 0.15) is 19.8 Å². The molecule has 94 valence electrons. The van der Waals surface area contributed by atoms with Gasteiger partial charge in [0.05, 0.1) is 18.3 Å². The molecule has 2 unspecified atom stereocenters. The minimum absolute atomic E-state index is 0.313. The van der Waals surface area contributed by atoms with Crippen molar-refractivity contribution in [3.8, 4) is 0 Å². The summed E-state index contributed by atoms with van der Waals surface area (Å²) in [6.07, 6.45) is 2.33. The van der Waals surface area contributed by atoms with Crippen LogP contribution in [-0.2, 0) is 4.74 Å². The van der Waals surface area contributed by atoms with Gasteiger partial charge in [-0.1, -0.05) is 0 Å². The molecule has 0 spiro atoms. The molecule has 0 aromatic rings. The predicted molar refractivity (Wildman–Crippen MR) is 63.5 cm³/mol. The fourth-order valence-electron chi connectivity index (χ4n) is 2.74. The van der Waals surface area contributed by atoms with E-state index in [1.165, 1.54) is 0 Å². The second kappa shape index (κ2) is 5.00. The lowest BCUT2D eigenvalue weighted by molar-refractivity contribution is -0.0637. The van der Waals surface area contributed by atoms with Crippen molar-refractivity contribution in [1.29, 1.82) is 0 Å². The molecule has 0 aromatic heterocycles. The molecule has 2 aliphatic heterocycles. The molecule has 2 fully saturated rings. The van der Waals surface area contributed by atoms with Gasteiger partial charge in [0.1, 0.15) is 0 Å². The van der Waals surface area contributed by atoms with Crippen molar-refractivity contribution in [2.45, 2.75) is 31.5 Å². The van der Waals surface area contributed by atoms with Gasteiger partial charge in [-0.3, -0.25) is 4.90 Å². The van der Waals surface area contributed by atoms with Crippen molar-refractivity contribution in [3.05, 3.63) is 0 Å². The van der Waals surface area contributed by atoms with Crippen molar-refractivity contribution >= 4 is 0 Å². The topological polar surface area (TPSA) is 35.9 Å². The highest BCUT2D eigenvalue weighted by molar-refractivity contribution is 4.85. The summed E-state index contributed by atoms with van der Waals surface area (Å²) < 4.78 is 5.75. The largest absolute Gasteiger partial charge is 0.389 e. The standard InChI is InChI=1S/C12H24N2O2/c1-12(15)4-3-5-14(10-12)9-11-8-13(2)6-7-16-11/h11,15H,3-10H2,1-2H3. The second-order valence-electron chi connectivity index (χ2n) is 5.59. The van der Waals surface area contributed by atoms with Gasteiger partial charge in [-0.15, -0.1) is 0 Å². The molecule has 16 heavy (non-hydrogen) atoms. The minimum Gasteiger partial charge on any atom is -0.389 e. The van der Waals surface area contributed by atoms with E-state index >= 15 is 0 Å². The number of hydrogen-bond acceptors (Lipinski definition) is 4. The number of aliphatic hydroxyl groups is 1. The maximum Gasteiger partial charge on any atom is 0.0829 e. The minimum atomic E-state index is -0.501. The summed E-state index contributed by atoms with van der Waals surface area (Å²) in [5.74, 6) is 0. The Labute approximate surface area is 98.2 Å². The van der Waals surface area contributed by atoms with Crippen LogP contribution in [0.3, 0.4) is 0 Å². The quantitative estimate of drug-likeness (QED) is 0.730. The molecule has 2 atom stereocenters. The molecule has 4 nitrogen and oxygen atoms in total. The van der Waals surface area contributed by atoms with E-state index in [9.17, 15) is 5.11 Å². The average molecular weight is 228 g/mol. The van der Waals surface area contributed by atoms with Crippen molar-refractivity contribution in [1.82, 2.24) is 9.80 Å². The highest BCUT2D eigenvalue weighted by Crippen LogP contribution is 2.20. The van der Waals surface area contributed by atoms with Gasteiger partial charge in [0, 0.05) is 26.2 Å². The van der Waals surface area contributed by atoms with Gasteiger partial charge in [0.2, 0.25) is 0 Å². The molecule has 0 aliphatic carbocycles. The van der Waals surface area contributed by atoms with Gasteiger partial charge in [-0.2, -0.15) is 0 Å². The van der Waals surface area contributed by atoms with E-state index in [0.717, 1.165) is 52.2 Å². The molecular weight excluding hydrogens is 204 g/mol. The van der Waals surface area contributed by atoms with Crippen molar-refractivity contribution in [3.63, 3.8) is 0 Å². The Kier molecular flexibility index (Phi) is 3.85. The number of likely N-dealkylation sites (tertiary alicyclic amines) is 1. The summed E-state index contributed by atoms with van der Waals surface area (Å²) in [5, 5.41) is 10.0. The summed E-state index contributed by atoms with van der Waals surface area (Å²) in [7, 11) is 2.14. The molecule has 0 radical (unpaired) electrons. The second-order valence-corrected chi connectivity index (χ2v) is 5.59. The van der Waals surface area contributed by atoms with Crippen LogP contribution in [0, 0.1) is 0 Å². The number of β-amino-alcohol motifs (C(OH)–C–C–N with tert-alkyl or cyclic N) is 1. The highest BCUT2D eigenvalue weighted by atomic mass is 16.5. The molecule has 2 saturated heterocycles. The Bertz CT molecular complexity index is 233. The first kappa shape index (κ1) is 12.3. The first-order chi connectivity index (χ1) is 7.55. The monoisotopic (exact) mass is 228 g/mol. The third-order valence-corrected chi connectivity index (χ3v) is 3.56. The molecule has 0 saturated carbocycles. The highest BCUT2D eigenvalue weighted by Gasteiger charge is 2.30. The lowest BCUT2D eigenvalue weighted by atomic mass is 9.95. The average Bonchev–Trinajstić information content (AvgIpc) is 2.15. The third-order valence-electron chi connectivity index (χ3n) is 3.56. The van der Waals surface area contributed by atoms with E-state index in [0.29, 0.717) is 6.10 Å². The number of nitrogens with zero attached hydrogens (tertiary/aromatic N) is 2. The molecule has 0 amide bonds. The van der Waals surface area contributed by atoms with Gasteiger partial charge >= 0.3 is 0 Å². The van der Waals surface area contributed by atoms with E-state index in [4.69, 9.17) is 4.74 Å². The van der Waals surface area contributed by atoms with E-state index in [-0.39, 0.29) is 0 Å². The summed E-state index contributed by atoms with van der Waals surface area (Å²) in [4.78, 5) is 4.66. The predicted octanol–water partition coefficient (Wildman–Crippen LogP) is 0.164. The first-order valence-electron chi connectivity index (χ1n) is 6.30. The number of ether oxygens (including phenoxy) is 1. The van der Waals surface area contributed by atoms with Crippen LogP contribution in [0.5, 0.6) is 0 Å². The Balaban J connectivity index is 1.80. The summed E-state index contributed by atoms with van der Waals surface area (Å²) >= 11 is 0. The molecule has 0 bridgehead atoms. The van der Waals surface area contributed by atoms with Crippen LogP contribution in [0.15, 0.2) is 0 Å². The van der Waals surface area contributed by atoms with Gasteiger partial charge in [0.25, 0.3) is 0 Å². The number of hydrogen-bond donors (Lipinski definition) is 1. The van der Waals surface area contributed by atoms with Gasteiger partial charge in [-0.05, 0) is 33.4 Å². The zero-order valence-electron chi connectivity index (χ0n) is 10.5. The van der Waals surface area contributed by atoms with Gasteiger partial charge in [-0.25, -0.2) is 0 Å². The van der Waals surface area contributed by atoms with E-state index in [2.05, 4.69) is 16.8 Å². The molecule has 2 aliphatic rings. The molecule has 4 heteroatoms. The van der Waals surface area contributed by atoms with Crippen molar-refractivity contribution < 1.29 is 9.84 Å². The first-order valence-corrected chi connectivity index (χ1v) is 6.30. The van der Waals surface area contributed by atoms with Gasteiger partial charge in [0.15, 0.2) is 0 Å². The SMILES string of the molecule is CN1CCOC(CN2CCCC(C)(O)C2)C1. The lowest BCUT2D eigenvalue weighted by Crippen LogP contribution is -2.52. The van der Waals surface area contributed by atoms with E-state index < -0.39 is 5.60 Å². The van der Waals surface area contributed by atoms with Crippen LogP contribution in [0.4, 0.5) is 0 Å². The van der Waals surface area contributed by atoms with E-state index in [1.54, 1.807) is 0 Å². The maximum absolute atomic E-state index is 10.0. The van der Waals surface area contributed by atoms with Crippen LogP contribution in [0.2, 0.25) is 0 Å². The lowest BCUT2D eigenvalue weighted by Gasteiger charge is -2.40. The van der Waals surface area contributed by atoms with Crippen molar-refractivity contribution in [2.75, 3.05) is 46.4 Å². The number of piperidine rings is 1. The fraction of sp³-hybridized carbons (Fsp3) is 1.00. The molecule has 2 heterocycles. The zero-order valence-corrected chi connectivity index (χ0v) is 10.5. The van der Waals surface area contributed by atoms with Crippen LogP contribution in [0.25, 0.3) is 0 Å².